The third-order valence-corrected chi connectivity index (χ3v) is 3.91. The third-order valence-electron chi connectivity index (χ3n) is 3.30. The standard InChI is InChI=1S/C16H17N3O4S/c1-23-16(20)12-9-14(19(21)22)15(17-10-12)18-13-5-3-11(4-6-13)7-8-24-2/h3-6,9-10H,7-8H2,1-2H3,(H,17,18). The van der Waals surface area contributed by atoms with Crippen molar-refractivity contribution in [1.82, 2.24) is 4.98 Å². The van der Waals surface area contributed by atoms with Gasteiger partial charge in [-0.2, -0.15) is 11.8 Å². The van der Waals surface area contributed by atoms with E-state index in [1.54, 1.807) is 11.8 Å². The molecule has 2 aromatic rings. The van der Waals surface area contributed by atoms with Crippen molar-refractivity contribution < 1.29 is 14.5 Å². The van der Waals surface area contributed by atoms with Crippen LogP contribution in [0.5, 0.6) is 0 Å². The Morgan fingerprint density at radius 3 is 2.67 bits per heavy atom. The lowest BCUT2D eigenvalue weighted by atomic mass is 10.1. The number of carbonyl (C=O) groups excluding carboxylic acids is 1. The molecule has 1 heterocycles. The van der Waals surface area contributed by atoms with E-state index in [0.29, 0.717) is 5.69 Å². The Bertz CT molecular complexity index is 735. The quantitative estimate of drug-likeness (QED) is 0.466. The molecule has 8 heteroatoms. The lowest BCUT2D eigenvalue weighted by molar-refractivity contribution is -0.384. The van der Waals surface area contributed by atoms with E-state index in [0.717, 1.165) is 18.2 Å². The highest BCUT2D eigenvalue weighted by molar-refractivity contribution is 7.98. The number of ether oxygens (including phenoxy) is 1. The highest BCUT2D eigenvalue weighted by Crippen LogP contribution is 2.26. The summed E-state index contributed by atoms with van der Waals surface area (Å²) in [5, 5.41) is 14.1. The number of esters is 1. The summed E-state index contributed by atoms with van der Waals surface area (Å²) in [6.07, 6.45) is 4.26. The van der Waals surface area contributed by atoms with Crippen molar-refractivity contribution in [2.45, 2.75) is 6.42 Å². The fourth-order valence-corrected chi connectivity index (χ4v) is 2.47. The van der Waals surface area contributed by atoms with Crippen LogP contribution in [0.3, 0.4) is 0 Å². The monoisotopic (exact) mass is 347 g/mol. The molecule has 1 aromatic carbocycles. The number of nitro groups is 1. The SMILES string of the molecule is COC(=O)c1cnc(Nc2ccc(CCSC)cc2)c([N+](=O)[O-])c1. The number of hydrogen-bond donors (Lipinski definition) is 1. The van der Waals surface area contributed by atoms with Gasteiger partial charge in [-0.25, -0.2) is 9.78 Å². The second-order valence-corrected chi connectivity index (χ2v) is 5.89. The fourth-order valence-electron chi connectivity index (χ4n) is 2.03. The summed E-state index contributed by atoms with van der Waals surface area (Å²) in [6, 6.07) is 8.76. The van der Waals surface area contributed by atoms with Gasteiger partial charge in [0.25, 0.3) is 0 Å². The van der Waals surface area contributed by atoms with Crippen molar-refractivity contribution in [2.75, 3.05) is 24.4 Å². The maximum Gasteiger partial charge on any atom is 0.339 e. The first-order chi connectivity index (χ1) is 11.5. The van der Waals surface area contributed by atoms with Crippen molar-refractivity contribution in [3.63, 3.8) is 0 Å². The summed E-state index contributed by atoms with van der Waals surface area (Å²) in [5.74, 6) is 0.439. The minimum absolute atomic E-state index is 0.0298. The van der Waals surface area contributed by atoms with Gasteiger partial charge in [-0.05, 0) is 36.1 Å². The first kappa shape index (κ1) is 17.7. The maximum atomic E-state index is 11.5. The summed E-state index contributed by atoms with van der Waals surface area (Å²) in [4.78, 5) is 26.1. The van der Waals surface area contributed by atoms with Crippen molar-refractivity contribution in [2.24, 2.45) is 0 Å². The van der Waals surface area contributed by atoms with Crippen LogP contribution in [-0.2, 0) is 11.2 Å². The van der Waals surface area contributed by atoms with Gasteiger partial charge in [0.15, 0.2) is 0 Å². The molecule has 7 nitrogen and oxygen atoms in total. The highest BCUT2D eigenvalue weighted by Gasteiger charge is 2.19. The van der Waals surface area contributed by atoms with E-state index >= 15 is 0 Å². The van der Waals surface area contributed by atoms with Gasteiger partial charge in [-0.15, -0.1) is 0 Å². The van der Waals surface area contributed by atoms with Crippen LogP contribution < -0.4 is 5.32 Å². The molecule has 0 aliphatic carbocycles. The summed E-state index contributed by atoms with van der Waals surface area (Å²) in [5.41, 5.74) is 1.62. The molecule has 0 bridgehead atoms. The molecule has 0 atom stereocenters. The Morgan fingerprint density at radius 2 is 2.08 bits per heavy atom. The number of pyridine rings is 1. The molecule has 0 fully saturated rings. The largest absolute Gasteiger partial charge is 0.465 e. The number of carbonyl (C=O) groups is 1. The molecule has 24 heavy (non-hydrogen) atoms. The molecule has 1 aromatic heterocycles. The lowest BCUT2D eigenvalue weighted by Gasteiger charge is -2.08. The van der Waals surface area contributed by atoms with Crippen LogP contribution in [0.1, 0.15) is 15.9 Å². The predicted molar refractivity (Wildman–Crippen MR) is 94.0 cm³/mol. The number of anilines is 2. The predicted octanol–water partition coefficient (Wildman–Crippen LogP) is 3.43. The van der Waals surface area contributed by atoms with Crippen molar-refractivity contribution in [3.8, 4) is 0 Å². The number of thioether (sulfide) groups is 1. The van der Waals surface area contributed by atoms with E-state index in [-0.39, 0.29) is 17.1 Å². The van der Waals surface area contributed by atoms with Gasteiger partial charge in [-0.3, -0.25) is 10.1 Å². The number of methoxy groups -OCH3 is 1. The second-order valence-electron chi connectivity index (χ2n) is 4.91. The Hall–Kier alpha value is -2.61. The van der Waals surface area contributed by atoms with E-state index in [4.69, 9.17) is 0 Å². The number of nitrogens with one attached hydrogen (secondary N) is 1. The maximum absolute atomic E-state index is 11.5. The molecular formula is C16H17N3O4S. The van der Waals surface area contributed by atoms with Crippen LogP contribution >= 0.6 is 11.8 Å². The number of aryl methyl sites for hydroxylation is 1. The number of hydrogen-bond acceptors (Lipinski definition) is 7. The van der Waals surface area contributed by atoms with E-state index in [2.05, 4.69) is 21.3 Å². The van der Waals surface area contributed by atoms with Gasteiger partial charge in [-0.1, -0.05) is 12.1 Å². The van der Waals surface area contributed by atoms with E-state index in [9.17, 15) is 14.9 Å². The molecule has 126 valence electrons. The summed E-state index contributed by atoms with van der Waals surface area (Å²) in [7, 11) is 1.21. The zero-order valence-corrected chi connectivity index (χ0v) is 14.1. The normalized spacial score (nSPS) is 10.2. The van der Waals surface area contributed by atoms with Crippen molar-refractivity contribution in [3.05, 3.63) is 57.8 Å². The van der Waals surface area contributed by atoms with Crippen molar-refractivity contribution >= 4 is 34.9 Å². The van der Waals surface area contributed by atoms with Crippen LogP contribution in [0, 0.1) is 10.1 Å². The van der Waals surface area contributed by atoms with Crippen LogP contribution in [0.25, 0.3) is 0 Å². The van der Waals surface area contributed by atoms with Gasteiger partial charge in [0, 0.05) is 18.0 Å². The van der Waals surface area contributed by atoms with Gasteiger partial charge < -0.3 is 10.1 Å². The number of rotatable bonds is 7. The summed E-state index contributed by atoms with van der Waals surface area (Å²) < 4.78 is 4.55. The molecule has 0 saturated carbocycles. The smallest absolute Gasteiger partial charge is 0.339 e. The average Bonchev–Trinajstić information content (AvgIpc) is 2.60. The fraction of sp³-hybridized carbons (Fsp3) is 0.250. The summed E-state index contributed by atoms with van der Waals surface area (Å²) >= 11 is 1.78. The van der Waals surface area contributed by atoms with Crippen molar-refractivity contribution in [1.29, 1.82) is 0 Å². The Balaban J connectivity index is 2.22. The number of aromatic nitrogens is 1. The molecule has 2 rings (SSSR count). The first-order valence-electron chi connectivity index (χ1n) is 7.12. The molecule has 0 spiro atoms. The molecule has 0 aliphatic heterocycles. The lowest BCUT2D eigenvalue weighted by Crippen LogP contribution is -2.06. The first-order valence-corrected chi connectivity index (χ1v) is 8.52. The Kier molecular flexibility index (Phi) is 6.14. The molecule has 0 aliphatic rings. The third kappa shape index (κ3) is 4.45. The minimum Gasteiger partial charge on any atom is -0.465 e. The van der Waals surface area contributed by atoms with E-state index in [1.807, 2.05) is 24.3 Å². The topological polar surface area (TPSA) is 94.4 Å². The van der Waals surface area contributed by atoms with Crippen LogP contribution in [0.4, 0.5) is 17.2 Å². The van der Waals surface area contributed by atoms with E-state index in [1.165, 1.54) is 18.9 Å². The molecule has 1 N–H and O–H groups in total. The minimum atomic E-state index is -0.671. The molecule has 0 amide bonds. The summed E-state index contributed by atoms with van der Waals surface area (Å²) in [6.45, 7) is 0. The van der Waals surface area contributed by atoms with Crippen LogP contribution in [0.2, 0.25) is 0 Å². The number of benzene rings is 1. The Labute approximate surface area is 143 Å². The van der Waals surface area contributed by atoms with Gasteiger partial charge in [0.2, 0.25) is 5.82 Å². The van der Waals surface area contributed by atoms with Crippen LogP contribution in [0.15, 0.2) is 36.5 Å². The van der Waals surface area contributed by atoms with Gasteiger partial charge in [0.1, 0.15) is 0 Å². The Morgan fingerprint density at radius 1 is 1.38 bits per heavy atom. The number of nitrogens with zero attached hydrogens (tertiary/aromatic N) is 2. The molecule has 0 unspecified atom stereocenters. The molecular weight excluding hydrogens is 330 g/mol. The van der Waals surface area contributed by atoms with E-state index < -0.39 is 10.9 Å². The zero-order chi connectivity index (χ0) is 17.5. The zero-order valence-electron chi connectivity index (χ0n) is 13.3. The second kappa shape index (κ2) is 8.30. The van der Waals surface area contributed by atoms with Gasteiger partial charge in [0.05, 0.1) is 17.6 Å². The van der Waals surface area contributed by atoms with Crippen LogP contribution in [-0.4, -0.2) is 35.0 Å². The molecule has 0 saturated heterocycles. The molecule has 0 radical (unpaired) electrons. The highest BCUT2D eigenvalue weighted by atomic mass is 32.2. The average molecular weight is 347 g/mol. The van der Waals surface area contributed by atoms with Gasteiger partial charge >= 0.3 is 11.7 Å².